The highest BCUT2D eigenvalue weighted by Crippen LogP contribution is 2.43. The number of nitrogens with zero attached hydrogens (tertiary/aromatic N) is 2. The number of carbonyl (C=O) groups excluding carboxylic acids is 2. The van der Waals surface area contributed by atoms with E-state index in [-0.39, 0.29) is 41.5 Å². The fourth-order valence-corrected chi connectivity index (χ4v) is 5.84. The zero-order chi connectivity index (χ0) is 21.5. The van der Waals surface area contributed by atoms with E-state index in [1.807, 2.05) is 9.80 Å². The molecule has 0 aromatic heterocycles. The lowest BCUT2D eigenvalue weighted by atomic mass is 9.86. The zero-order valence-corrected chi connectivity index (χ0v) is 18.0. The van der Waals surface area contributed by atoms with Gasteiger partial charge in [-0.05, 0) is 49.3 Å². The molecule has 1 N–H and O–H groups in total. The number of carbonyl (C=O) groups is 2. The van der Waals surface area contributed by atoms with Crippen molar-refractivity contribution >= 4 is 23.5 Å². The molecule has 2 bridgehead atoms. The number of amides is 3. The monoisotopic (exact) mass is 451 g/mol. The Morgan fingerprint density at radius 3 is 2.71 bits per heavy atom. The van der Waals surface area contributed by atoms with Gasteiger partial charge in [-0.25, -0.2) is 9.18 Å². The first-order valence-electron chi connectivity index (χ1n) is 11.0. The highest BCUT2D eigenvalue weighted by atomic mass is 35.5. The van der Waals surface area contributed by atoms with Gasteiger partial charge in [0.2, 0.25) is 5.91 Å². The van der Waals surface area contributed by atoms with E-state index < -0.39 is 0 Å². The molecule has 7 nitrogen and oxygen atoms in total. The molecule has 1 aromatic carbocycles. The quantitative estimate of drug-likeness (QED) is 0.766. The topological polar surface area (TPSA) is 71.1 Å². The number of fused-ring (bicyclic) bond motifs is 3. The number of nitrogens with one attached hydrogen (secondary N) is 1. The van der Waals surface area contributed by atoms with E-state index in [0.717, 1.165) is 19.3 Å². The van der Waals surface area contributed by atoms with Crippen LogP contribution in [0.3, 0.4) is 0 Å². The summed E-state index contributed by atoms with van der Waals surface area (Å²) in [5, 5.41) is 3.24. The molecule has 9 heteroatoms. The number of morpholine rings is 1. The van der Waals surface area contributed by atoms with Crippen LogP contribution in [-0.2, 0) is 9.53 Å². The van der Waals surface area contributed by atoms with Gasteiger partial charge in [-0.1, -0.05) is 11.6 Å². The Morgan fingerprint density at radius 1 is 1.19 bits per heavy atom. The summed E-state index contributed by atoms with van der Waals surface area (Å²) in [4.78, 5) is 28.7. The minimum atomic E-state index is -0.382. The van der Waals surface area contributed by atoms with Crippen LogP contribution in [0, 0.1) is 23.6 Å². The molecule has 3 amide bonds. The second-order valence-corrected chi connectivity index (χ2v) is 9.50. The van der Waals surface area contributed by atoms with Crippen molar-refractivity contribution < 1.29 is 23.5 Å². The van der Waals surface area contributed by atoms with Gasteiger partial charge in [0.1, 0.15) is 18.2 Å². The van der Waals surface area contributed by atoms with Gasteiger partial charge in [-0.3, -0.25) is 4.79 Å². The van der Waals surface area contributed by atoms with E-state index in [1.165, 1.54) is 12.1 Å². The second kappa shape index (κ2) is 8.47. The third kappa shape index (κ3) is 4.20. The normalized spacial score (nSPS) is 32.5. The second-order valence-electron chi connectivity index (χ2n) is 9.09. The molecule has 31 heavy (non-hydrogen) atoms. The molecular weight excluding hydrogens is 425 g/mol. The van der Waals surface area contributed by atoms with Crippen LogP contribution in [0.4, 0.5) is 9.18 Å². The summed E-state index contributed by atoms with van der Waals surface area (Å²) >= 11 is 6.09. The first kappa shape index (κ1) is 20.8. The number of hydrogen-bond donors (Lipinski definition) is 1. The minimum absolute atomic E-state index is 0.000832. The number of hydrogen-bond acceptors (Lipinski definition) is 4. The molecule has 1 saturated carbocycles. The molecule has 0 spiro atoms. The molecular formula is C22H27ClFN3O4. The Kier molecular flexibility index (Phi) is 5.69. The van der Waals surface area contributed by atoms with Gasteiger partial charge in [0.15, 0.2) is 0 Å². The largest absolute Gasteiger partial charge is 0.492 e. The van der Waals surface area contributed by atoms with Crippen molar-refractivity contribution in [2.24, 2.45) is 17.8 Å². The summed E-state index contributed by atoms with van der Waals surface area (Å²) in [6.07, 6.45) is 2.90. The Bertz CT molecular complexity index is 857. The van der Waals surface area contributed by atoms with Gasteiger partial charge < -0.3 is 24.6 Å². The van der Waals surface area contributed by atoms with Crippen LogP contribution in [0.2, 0.25) is 5.02 Å². The lowest BCUT2D eigenvalue weighted by Gasteiger charge is -2.44. The van der Waals surface area contributed by atoms with Gasteiger partial charge >= 0.3 is 6.03 Å². The van der Waals surface area contributed by atoms with Crippen LogP contribution in [0.15, 0.2) is 18.2 Å². The van der Waals surface area contributed by atoms with Crippen LogP contribution in [-0.4, -0.2) is 73.3 Å². The van der Waals surface area contributed by atoms with Gasteiger partial charge in [-0.2, -0.15) is 0 Å². The predicted molar refractivity (Wildman–Crippen MR) is 111 cm³/mol. The van der Waals surface area contributed by atoms with Crippen molar-refractivity contribution in [3.05, 3.63) is 29.0 Å². The first-order valence-corrected chi connectivity index (χ1v) is 11.4. The molecule has 4 unspecified atom stereocenters. The Morgan fingerprint density at radius 2 is 1.97 bits per heavy atom. The van der Waals surface area contributed by atoms with E-state index in [4.69, 9.17) is 21.1 Å². The van der Waals surface area contributed by atoms with Crippen LogP contribution in [0.25, 0.3) is 0 Å². The number of rotatable bonds is 3. The maximum absolute atomic E-state index is 13.3. The molecule has 4 aliphatic rings. The van der Waals surface area contributed by atoms with Crippen molar-refractivity contribution in [2.75, 3.05) is 39.4 Å². The molecule has 1 aliphatic carbocycles. The maximum atomic E-state index is 13.3. The van der Waals surface area contributed by atoms with Crippen molar-refractivity contribution in [1.82, 2.24) is 15.1 Å². The smallest absolute Gasteiger partial charge is 0.320 e. The summed E-state index contributed by atoms with van der Waals surface area (Å²) in [5.74, 6) is 1.14. The Hall–Kier alpha value is -2.06. The van der Waals surface area contributed by atoms with Crippen LogP contribution in [0.1, 0.15) is 19.3 Å². The van der Waals surface area contributed by atoms with Gasteiger partial charge in [0, 0.05) is 32.1 Å². The van der Waals surface area contributed by atoms with E-state index >= 15 is 0 Å². The summed E-state index contributed by atoms with van der Waals surface area (Å²) in [6, 6.07) is 4.10. The molecule has 4 atom stereocenters. The fraction of sp³-hybridized carbons (Fsp3) is 0.636. The third-order valence-electron chi connectivity index (χ3n) is 7.22. The highest BCUT2D eigenvalue weighted by Gasteiger charge is 2.45. The van der Waals surface area contributed by atoms with E-state index in [9.17, 15) is 14.0 Å². The van der Waals surface area contributed by atoms with Gasteiger partial charge in [0.05, 0.1) is 23.8 Å². The van der Waals surface area contributed by atoms with Gasteiger partial charge in [0.25, 0.3) is 0 Å². The fourth-order valence-electron chi connectivity index (χ4n) is 5.62. The lowest BCUT2D eigenvalue weighted by Crippen LogP contribution is -2.63. The number of urea groups is 1. The maximum Gasteiger partial charge on any atom is 0.320 e. The average Bonchev–Trinajstić information content (AvgIpc) is 2.99. The highest BCUT2D eigenvalue weighted by molar-refractivity contribution is 6.32. The first-order chi connectivity index (χ1) is 15.0. The molecule has 0 radical (unpaired) electrons. The summed E-state index contributed by atoms with van der Waals surface area (Å²) < 4.78 is 24.8. The predicted octanol–water partition coefficient (Wildman–Crippen LogP) is 2.53. The Labute approximate surface area is 185 Å². The standard InChI is InChI=1S/C22H27ClFN3O4/c23-17-7-15(24)3-4-19(17)30-11-16-13-1-2-14(16)9-27(8-13)22(29)26-6-5-20-18(10-26)25-21(28)12-31-20/h3-4,7,13-14,16,18,20H,1-2,5-6,8-12H2,(H,25,28). The SMILES string of the molecule is O=C1COC2CCN(C(=O)N3CC4CCC(C3)C4COc3ccc(F)cc3Cl)CC2N1. The number of halogens is 2. The molecule has 1 aromatic rings. The summed E-state index contributed by atoms with van der Waals surface area (Å²) in [5.41, 5.74) is 0. The van der Waals surface area contributed by atoms with Crippen molar-refractivity contribution in [3.63, 3.8) is 0 Å². The lowest BCUT2D eigenvalue weighted by molar-refractivity contribution is -0.139. The van der Waals surface area contributed by atoms with Gasteiger partial charge in [-0.15, -0.1) is 0 Å². The minimum Gasteiger partial charge on any atom is -0.492 e. The molecule has 3 saturated heterocycles. The van der Waals surface area contributed by atoms with E-state index in [1.54, 1.807) is 6.07 Å². The van der Waals surface area contributed by atoms with Crippen LogP contribution >= 0.6 is 11.6 Å². The Balaban J connectivity index is 1.18. The molecule has 4 fully saturated rings. The third-order valence-corrected chi connectivity index (χ3v) is 7.51. The number of likely N-dealkylation sites (tertiary alicyclic amines) is 2. The van der Waals surface area contributed by atoms with Crippen LogP contribution in [0.5, 0.6) is 5.75 Å². The number of benzene rings is 1. The van der Waals surface area contributed by atoms with E-state index in [2.05, 4.69) is 5.32 Å². The summed E-state index contributed by atoms with van der Waals surface area (Å²) in [6.45, 7) is 3.21. The molecule has 3 heterocycles. The number of piperidine rings is 2. The van der Waals surface area contributed by atoms with Crippen molar-refractivity contribution in [2.45, 2.75) is 31.4 Å². The average molecular weight is 452 g/mol. The number of ether oxygens (including phenoxy) is 2. The molecule has 3 aliphatic heterocycles. The van der Waals surface area contributed by atoms with Crippen molar-refractivity contribution in [3.8, 4) is 5.75 Å². The molecule has 5 rings (SSSR count). The zero-order valence-electron chi connectivity index (χ0n) is 17.3. The van der Waals surface area contributed by atoms with Crippen molar-refractivity contribution in [1.29, 1.82) is 0 Å². The van der Waals surface area contributed by atoms with Crippen LogP contribution < -0.4 is 10.1 Å². The summed E-state index contributed by atoms with van der Waals surface area (Å²) in [7, 11) is 0. The van der Waals surface area contributed by atoms with E-state index in [0.29, 0.717) is 56.3 Å². The molecule has 168 valence electrons.